The largest absolute Gasteiger partial charge is 0.463 e. The van der Waals surface area contributed by atoms with E-state index in [9.17, 15) is 14.7 Å². The van der Waals surface area contributed by atoms with Gasteiger partial charge in [0.25, 0.3) is 0 Å². The van der Waals surface area contributed by atoms with E-state index in [0.29, 0.717) is 36.4 Å². The minimum atomic E-state index is -0.467. The number of carbonyl (C=O) groups is 2. The summed E-state index contributed by atoms with van der Waals surface area (Å²) in [4.78, 5) is 24.0. The van der Waals surface area contributed by atoms with Crippen molar-refractivity contribution in [3.63, 3.8) is 0 Å². The fourth-order valence-electron chi connectivity index (χ4n) is 7.30. The van der Waals surface area contributed by atoms with Crippen LogP contribution in [0.25, 0.3) is 0 Å². The summed E-state index contributed by atoms with van der Waals surface area (Å²) in [5.41, 5.74) is -0.197. The van der Waals surface area contributed by atoms with E-state index in [0.717, 1.165) is 38.5 Å². The molecular formula is C21H31BrO4. The molecule has 4 saturated carbocycles. The van der Waals surface area contributed by atoms with Crippen LogP contribution in [0.2, 0.25) is 0 Å². The van der Waals surface area contributed by atoms with Gasteiger partial charge in [-0.3, -0.25) is 9.59 Å². The van der Waals surface area contributed by atoms with Gasteiger partial charge in [0.2, 0.25) is 0 Å². The van der Waals surface area contributed by atoms with Crippen molar-refractivity contribution in [2.45, 2.75) is 88.7 Å². The summed E-state index contributed by atoms with van der Waals surface area (Å²) >= 11 is 3.98. The summed E-state index contributed by atoms with van der Waals surface area (Å²) in [7, 11) is 0. The lowest BCUT2D eigenvalue weighted by Crippen LogP contribution is -2.66. The second-order valence-corrected chi connectivity index (χ2v) is 11.2. The van der Waals surface area contributed by atoms with Gasteiger partial charge in [-0.25, -0.2) is 0 Å². The lowest BCUT2D eigenvalue weighted by atomic mass is 9.44. The molecule has 0 aromatic rings. The molecule has 146 valence electrons. The van der Waals surface area contributed by atoms with Gasteiger partial charge in [-0.15, -0.1) is 0 Å². The fourth-order valence-corrected chi connectivity index (χ4v) is 8.34. The fraction of sp³-hybridized carbons (Fsp3) is 0.905. The van der Waals surface area contributed by atoms with Crippen LogP contribution in [0.3, 0.4) is 0 Å². The number of halogens is 1. The quantitative estimate of drug-likeness (QED) is 0.507. The number of carbonyl (C=O) groups excluding carboxylic acids is 2. The van der Waals surface area contributed by atoms with Gasteiger partial charge in [-0.2, -0.15) is 0 Å². The van der Waals surface area contributed by atoms with Gasteiger partial charge in [-0.1, -0.05) is 29.8 Å². The van der Waals surface area contributed by atoms with Crippen molar-refractivity contribution in [3.05, 3.63) is 0 Å². The number of aliphatic hydroxyl groups excluding tert-OH is 1. The van der Waals surface area contributed by atoms with Crippen LogP contribution < -0.4 is 0 Å². The average Bonchev–Trinajstić information content (AvgIpc) is 2.86. The van der Waals surface area contributed by atoms with Gasteiger partial charge in [0.15, 0.2) is 0 Å². The van der Waals surface area contributed by atoms with E-state index in [2.05, 4.69) is 29.8 Å². The predicted molar refractivity (Wildman–Crippen MR) is 102 cm³/mol. The molecule has 0 saturated heterocycles. The van der Waals surface area contributed by atoms with Crippen molar-refractivity contribution in [1.29, 1.82) is 0 Å². The highest BCUT2D eigenvalue weighted by molar-refractivity contribution is 9.10. The molecule has 0 aliphatic heterocycles. The van der Waals surface area contributed by atoms with Crippen LogP contribution in [0.1, 0.15) is 72.1 Å². The Morgan fingerprint density at radius 3 is 2.62 bits per heavy atom. The number of hydrogen-bond acceptors (Lipinski definition) is 4. The number of ether oxygens (including phenoxy) is 1. The summed E-state index contributed by atoms with van der Waals surface area (Å²) in [6.07, 6.45) is 6.42. The summed E-state index contributed by atoms with van der Waals surface area (Å²) in [5.74, 6) is 1.57. The van der Waals surface area contributed by atoms with Crippen molar-refractivity contribution in [1.82, 2.24) is 0 Å². The topological polar surface area (TPSA) is 63.6 Å². The lowest BCUT2D eigenvalue weighted by molar-refractivity contribution is -0.168. The number of aliphatic hydroxyl groups is 1. The molecule has 5 heteroatoms. The van der Waals surface area contributed by atoms with Crippen molar-refractivity contribution in [2.24, 2.45) is 28.6 Å². The van der Waals surface area contributed by atoms with Crippen molar-refractivity contribution < 1.29 is 19.4 Å². The number of hydrogen-bond donors (Lipinski definition) is 1. The Morgan fingerprint density at radius 1 is 1.19 bits per heavy atom. The molecule has 0 amide bonds. The normalized spacial score (nSPS) is 53.4. The minimum Gasteiger partial charge on any atom is -0.463 e. The van der Waals surface area contributed by atoms with E-state index < -0.39 is 10.4 Å². The van der Waals surface area contributed by atoms with Gasteiger partial charge in [0.1, 0.15) is 11.9 Å². The molecule has 4 rings (SSSR count). The molecule has 0 radical (unpaired) electrons. The molecule has 0 unspecified atom stereocenters. The SMILES string of the molecule is CC(=O)O[C@H]1CC[C@]2(C)[C@H]3CC[C@]4(C)C(=O)CC[C@H]4[C@@H]3C[C@@H](O)[C@]2(Br)C1. The van der Waals surface area contributed by atoms with Crippen LogP contribution in [0.5, 0.6) is 0 Å². The standard InChI is InChI=1S/C21H31BrO4/c1-12(23)26-13-6-9-20(3)16-7-8-19(2)15(4-5-17(19)24)14(16)10-18(25)21(20,22)11-13/h13-16,18,25H,4-11H2,1-3H3/t13-,14-,15-,16-,18+,19-,20+,21+/m0/s1. The molecular weight excluding hydrogens is 396 g/mol. The number of Topliss-reactive ketones (excluding diaryl/α,β-unsaturated/α-hetero) is 1. The first-order valence-electron chi connectivity index (χ1n) is 10.2. The van der Waals surface area contributed by atoms with E-state index in [1.54, 1.807) is 0 Å². The first-order valence-corrected chi connectivity index (χ1v) is 11.0. The maximum absolute atomic E-state index is 12.5. The minimum absolute atomic E-state index is 0.0288. The number of fused-ring (bicyclic) bond motifs is 5. The number of esters is 1. The third-order valence-electron chi connectivity index (χ3n) is 8.78. The first kappa shape index (κ1) is 18.9. The first-order chi connectivity index (χ1) is 12.1. The number of ketones is 1. The molecule has 8 atom stereocenters. The molecule has 4 fully saturated rings. The van der Waals surface area contributed by atoms with E-state index in [4.69, 9.17) is 4.74 Å². The summed E-state index contributed by atoms with van der Waals surface area (Å²) in [6.45, 7) is 5.96. The zero-order chi connectivity index (χ0) is 18.9. The Bertz CT molecular complexity index is 636. The van der Waals surface area contributed by atoms with Crippen molar-refractivity contribution in [2.75, 3.05) is 0 Å². The average molecular weight is 427 g/mol. The van der Waals surface area contributed by atoms with Gasteiger partial charge in [0.05, 0.1) is 10.4 Å². The molecule has 0 spiro atoms. The Labute approximate surface area is 164 Å². The molecule has 0 aromatic heterocycles. The lowest BCUT2D eigenvalue weighted by Gasteiger charge is -2.65. The Balaban J connectivity index is 1.65. The zero-order valence-corrected chi connectivity index (χ0v) is 17.7. The van der Waals surface area contributed by atoms with Crippen LogP contribution in [0.4, 0.5) is 0 Å². The molecule has 0 bridgehead atoms. The third kappa shape index (κ3) is 2.41. The highest BCUT2D eigenvalue weighted by Crippen LogP contribution is 2.68. The maximum Gasteiger partial charge on any atom is 0.302 e. The van der Waals surface area contributed by atoms with Gasteiger partial charge in [-0.05, 0) is 61.7 Å². The zero-order valence-electron chi connectivity index (χ0n) is 16.1. The van der Waals surface area contributed by atoms with Gasteiger partial charge < -0.3 is 9.84 Å². The smallest absolute Gasteiger partial charge is 0.302 e. The van der Waals surface area contributed by atoms with Crippen LogP contribution in [0, 0.1) is 28.6 Å². The molecule has 0 aromatic carbocycles. The molecule has 4 nitrogen and oxygen atoms in total. The number of rotatable bonds is 1. The maximum atomic E-state index is 12.5. The van der Waals surface area contributed by atoms with Crippen molar-refractivity contribution >= 4 is 27.7 Å². The van der Waals surface area contributed by atoms with Gasteiger partial charge >= 0.3 is 5.97 Å². The predicted octanol–water partition coefficient (Wildman–Crippen LogP) is 4.02. The highest BCUT2D eigenvalue weighted by atomic mass is 79.9. The summed E-state index contributed by atoms with van der Waals surface area (Å²) in [5, 5.41) is 11.2. The van der Waals surface area contributed by atoms with Crippen LogP contribution in [-0.4, -0.2) is 33.4 Å². The third-order valence-corrected chi connectivity index (χ3v) is 10.5. The summed E-state index contributed by atoms with van der Waals surface area (Å²) < 4.78 is 5.10. The van der Waals surface area contributed by atoms with Crippen LogP contribution >= 0.6 is 15.9 Å². The van der Waals surface area contributed by atoms with E-state index in [1.165, 1.54) is 6.92 Å². The second-order valence-electron chi connectivity index (χ2n) is 9.80. The van der Waals surface area contributed by atoms with Gasteiger partial charge in [0, 0.05) is 25.2 Å². The Morgan fingerprint density at radius 2 is 1.92 bits per heavy atom. The van der Waals surface area contributed by atoms with E-state index >= 15 is 0 Å². The molecule has 26 heavy (non-hydrogen) atoms. The Hall–Kier alpha value is -0.420. The van der Waals surface area contributed by atoms with Crippen LogP contribution in [0.15, 0.2) is 0 Å². The number of alkyl halides is 1. The molecule has 4 aliphatic carbocycles. The molecule has 0 heterocycles. The second kappa shape index (κ2) is 6.04. The highest BCUT2D eigenvalue weighted by Gasteiger charge is 2.67. The van der Waals surface area contributed by atoms with E-state index in [-0.39, 0.29) is 22.9 Å². The van der Waals surface area contributed by atoms with Crippen molar-refractivity contribution in [3.8, 4) is 0 Å². The monoisotopic (exact) mass is 426 g/mol. The summed E-state index contributed by atoms with van der Waals surface area (Å²) in [6, 6.07) is 0. The van der Waals surface area contributed by atoms with Crippen LogP contribution in [-0.2, 0) is 14.3 Å². The molecule has 4 aliphatic rings. The molecule has 1 N–H and O–H groups in total. The van der Waals surface area contributed by atoms with E-state index in [1.807, 2.05) is 0 Å². The Kier molecular flexibility index (Phi) is 4.39.